The molecule has 12 heteroatoms. The second-order valence-corrected chi connectivity index (χ2v) is 10.4. The van der Waals surface area contributed by atoms with Gasteiger partial charge in [-0.1, -0.05) is 0 Å². The number of amides is 1. The summed E-state index contributed by atoms with van der Waals surface area (Å²) >= 11 is 0. The number of aryl methyl sites for hydroxylation is 1. The van der Waals surface area contributed by atoms with Crippen molar-refractivity contribution in [2.45, 2.75) is 71.5 Å². The summed E-state index contributed by atoms with van der Waals surface area (Å²) in [6, 6.07) is 4.95. The van der Waals surface area contributed by atoms with E-state index in [0.29, 0.717) is 11.1 Å². The quantitative estimate of drug-likeness (QED) is 0.389. The van der Waals surface area contributed by atoms with E-state index in [2.05, 4.69) is 25.3 Å². The number of nitrogens with one attached hydrogen (secondary N) is 1. The van der Waals surface area contributed by atoms with Crippen LogP contribution in [0, 0.1) is 6.92 Å². The van der Waals surface area contributed by atoms with E-state index >= 15 is 0 Å². The van der Waals surface area contributed by atoms with Crippen molar-refractivity contribution < 1.29 is 27.4 Å². The molecule has 1 amide bonds. The number of nitrogens with zero attached hydrogens (tertiary/aromatic N) is 5. The van der Waals surface area contributed by atoms with Gasteiger partial charge in [-0.15, -0.1) is 0 Å². The van der Waals surface area contributed by atoms with E-state index in [0.717, 1.165) is 0 Å². The number of ether oxygens (including phenoxy) is 2. The van der Waals surface area contributed by atoms with Crippen molar-refractivity contribution in [3.8, 4) is 11.1 Å². The Morgan fingerprint density at radius 3 is 2.44 bits per heavy atom. The molecule has 9 nitrogen and oxygen atoms in total. The summed E-state index contributed by atoms with van der Waals surface area (Å²) in [5, 5.41) is 3.03. The lowest BCUT2D eigenvalue weighted by Crippen LogP contribution is -2.45. The zero-order valence-electron chi connectivity index (χ0n) is 22.6. The highest BCUT2D eigenvalue weighted by Crippen LogP contribution is 2.38. The number of carbonyl (C=O) groups excluding carboxylic acids is 1. The van der Waals surface area contributed by atoms with Crippen LogP contribution in [0.3, 0.4) is 0 Å². The van der Waals surface area contributed by atoms with Crippen molar-refractivity contribution in [3.05, 3.63) is 59.8 Å². The number of rotatable bonds is 7. The van der Waals surface area contributed by atoms with Crippen molar-refractivity contribution in [1.82, 2.24) is 19.9 Å². The topological polar surface area (TPSA) is 102 Å². The van der Waals surface area contributed by atoms with Crippen molar-refractivity contribution >= 4 is 17.9 Å². The van der Waals surface area contributed by atoms with Crippen LogP contribution in [0.5, 0.6) is 0 Å². The molecule has 0 spiro atoms. The Morgan fingerprint density at radius 1 is 1.10 bits per heavy atom. The zero-order chi connectivity index (χ0) is 28.5. The molecule has 3 aromatic heterocycles. The fourth-order valence-electron chi connectivity index (χ4n) is 4.53. The minimum atomic E-state index is -4.67. The van der Waals surface area contributed by atoms with Gasteiger partial charge in [0.1, 0.15) is 18.5 Å². The van der Waals surface area contributed by atoms with Gasteiger partial charge in [-0.25, -0.2) is 14.8 Å². The van der Waals surface area contributed by atoms with Gasteiger partial charge < -0.3 is 14.8 Å². The van der Waals surface area contributed by atoms with Crippen LogP contribution in [-0.4, -0.2) is 50.4 Å². The fourth-order valence-corrected chi connectivity index (χ4v) is 4.53. The average molecular weight is 545 g/mol. The molecular weight excluding hydrogens is 513 g/mol. The second kappa shape index (κ2) is 10.8. The van der Waals surface area contributed by atoms with E-state index in [-0.39, 0.29) is 35.7 Å². The van der Waals surface area contributed by atoms with Crippen LogP contribution in [0.1, 0.15) is 57.6 Å². The Bertz CT molecular complexity index is 1330. The molecule has 3 aromatic rings. The number of alkyl halides is 3. The van der Waals surface area contributed by atoms with Gasteiger partial charge in [0.05, 0.1) is 23.4 Å². The molecular formula is C27H31F3N6O3. The number of hydrogen-bond acceptors (Lipinski definition) is 8. The molecule has 1 N–H and O–H groups in total. The maximum absolute atomic E-state index is 14.0. The molecule has 0 saturated carbocycles. The fraction of sp³-hybridized carbons (Fsp3) is 0.444. The zero-order valence-corrected chi connectivity index (χ0v) is 22.6. The summed E-state index contributed by atoms with van der Waals surface area (Å²) in [5.74, 6) is 0.404. The van der Waals surface area contributed by atoms with E-state index in [4.69, 9.17) is 9.47 Å². The van der Waals surface area contributed by atoms with Crippen LogP contribution >= 0.6 is 0 Å². The first-order valence-electron chi connectivity index (χ1n) is 12.5. The van der Waals surface area contributed by atoms with Crippen molar-refractivity contribution in [2.24, 2.45) is 0 Å². The third kappa shape index (κ3) is 6.44. The number of hydrogen-bond donors (Lipinski definition) is 1. The van der Waals surface area contributed by atoms with Crippen LogP contribution < -0.4 is 10.2 Å². The number of anilines is 2. The molecule has 4 rings (SSSR count). The Balaban J connectivity index is 1.62. The summed E-state index contributed by atoms with van der Waals surface area (Å²) in [4.78, 5) is 30.6. The van der Waals surface area contributed by atoms with Gasteiger partial charge >= 0.3 is 12.3 Å². The van der Waals surface area contributed by atoms with E-state index in [9.17, 15) is 18.0 Å². The Kier molecular flexibility index (Phi) is 7.78. The molecule has 1 aliphatic rings. The third-order valence-corrected chi connectivity index (χ3v) is 6.14. The first-order chi connectivity index (χ1) is 18.2. The molecule has 1 saturated heterocycles. The maximum Gasteiger partial charge on any atom is 0.433 e. The molecule has 2 unspecified atom stereocenters. The Labute approximate surface area is 224 Å². The first kappa shape index (κ1) is 28.2. The molecule has 208 valence electrons. The van der Waals surface area contributed by atoms with Crippen molar-refractivity contribution in [1.29, 1.82) is 0 Å². The van der Waals surface area contributed by atoms with Gasteiger partial charge in [-0.05, 0) is 76.9 Å². The Hall–Kier alpha value is -3.80. The van der Waals surface area contributed by atoms with Crippen LogP contribution in [-0.2, 0) is 15.7 Å². The highest BCUT2D eigenvalue weighted by Gasteiger charge is 2.41. The number of halogens is 3. The Morgan fingerprint density at radius 2 is 1.79 bits per heavy atom. The summed E-state index contributed by atoms with van der Waals surface area (Å²) < 4.78 is 53.4. The SMILES string of the molecule is Cc1cc(-c2ccncc2)c(C(F)(F)F)nc1C(C)Nc1nccc(N2C(=O)OC[C@@H]2C(C)OC(C)(C)C)n1. The molecule has 0 aromatic carbocycles. The summed E-state index contributed by atoms with van der Waals surface area (Å²) in [6.07, 6.45) is -1.26. The lowest BCUT2D eigenvalue weighted by molar-refractivity contribution is -0.140. The van der Waals surface area contributed by atoms with Crippen LogP contribution in [0.4, 0.5) is 29.7 Å². The normalized spacial score (nSPS) is 17.6. The molecule has 4 heterocycles. The van der Waals surface area contributed by atoms with Gasteiger partial charge in [0.15, 0.2) is 5.69 Å². The predicted molar refractivity (Wildman–Crippen MR) is 139 cm³/mol. The molecule has 0 aliphatic carbocycles. The summed E-state index contributed by atoms with van der Waals surface area (Å²) in [6.45, 7) is 11.1. The largest absolute Gasteiger partial charge is 0.447 e. The monoisotopic (exact) mass is 544 g/mol. The predicted octanol–water partition coefficient (Wildman–Crippen LogP) is 5.96. The smallest absolute Gasteiger partial charge is 0.433 e. The second-order valence-electron chi connectivity index (χ2n) is 10.4. The number of pyridine rings is 2. The number of aromatic nitrogens is 4. The lowest BCUT2D eigenvalue weighted by Gasteiger charge is -2.31. The minimum absolute atomic E-state index is 0.0261. The van der Waals surface area contributed by atoms with Gasteiger partial charge in [0.2, 0.25) is 5.95 Å². The van der Waals surface area contributed by atoms with E-state index in [1.54, 1.807) is 19.9 Å². The van der Waals surface area contributed by atoms with Gasteiger partial charge in [-0.3, -0.25) is 9.88 Å². The van der Waals surface area contributed by atoms with Gasteiger partial charge in [0.25, 0.3) is 0 Å². The minimum Gasteiger partial charge on any atom is -0.447 e. The number of cyclic esters (lactones) is 1. The lowest BCUT2D eigenvalue weighted by atomic mass is 9.99. The van der Waals surface area contributed by atoms with Crippen LogP contribution in [0.15, 0.2) is 42.9 Å². The number of carbonyl (C=O) groups is 1. The molecule has 0 bridgehead atoms. The van der Waals surface area contributed by atoms with Crippen LogP contribution in [0.2, 0.25) is 0 Å². The van der Waals surface area contributed by atoms with Crippen LogP contribution in [0.25, 0.3) is 11.1 Å². The third-order valence-electron chi connectivity index (χ3n) is 6.14. The molecule has 1 aliphatic heterocycles. The van der Waals surface area contributed by atoms with Crippen molar-refractivity contribution in [2.75, 3.05) is 16.8 Å². The molecule has 1 fully saturated rings. The molecule has 0 radical (unpaired) electrons. The summed E-state index contributed by atoms with van der Waals surface area (Å²) in [5.41, 5.74) is -0.331. The van der Waals surface area contributed by atoms with E-state index in [1.165, 1.54) is 41.7 Å². The maximum atomic E-state index is 14.0. The van der Waals surface area contributed by atoms with Gasteiger partial charge in [0, 0.05) is 24.2 Å². The first-order valence-corrected chi connectivity index (χ1v) is 12.5. The van der Waals surface area contributed by atoms with E-state index < -0.39 is 35.6 Å². The molecule has 3 atom stereocenters. The average Bonchev–Trinajstić information content (AvgIpc) is 3.24. The standard InChI is InChI=1S/C27H31F3N6O3/c1-15-13-19(18-7-10-31-11-8-18)23(27(28,29)30)35-22(15)16(2)33-24-32-12-9-21(34-24)36-20(14-38-25(36)37)17(3)39-26(4,5)6/h7-13,16-17,20H,14H2,1-6H3,(H,32,33,34)/t16?,17?,20-/m1/s1. The van der Waals surface area contributed by atoms with E-state index in [1.807, 2.05) is 27.7 Å². The summed E-state index contributed by atoms with van der Waals surface area (Å²) in [7, 11) is 0. The molecule has 39 heavy (non-hydrogen) atoms. The highest BCUT2D eigenvalue weighted by molar-refractivity contribution is 5.89. The van der Waals surface area contributed by atoms with Gasteiger partial charge in [-0.2, -0.15) is 18.2 Å². The highest BCUT2D eigenvalue weighted by atomic mass is 19.4. The van der Waals surface area contributed by atoms with Crippen molar-refractivity contribution in [3.63, 3.8) is 0 Å².